The lowest BCUT2D eigenvalue weighted by atomic mass is 10.2. The first kappa shape index (κ1) is 19.1. The van der Waals surface area contributed by atoms with Gasteiger partial charge in [-0.1, -0.05) is 35.3 Å². The number of amides is 1. The molecule has 0 aliphatic heterocycles. The minimum atomic E-state index is -3.84. The highest BCUT2D eigenvalue weighted by molar-refractivity contribution is 7.89. The highest BCUT2D eigenvalue weighted by atomic mass is 35.5. The molecule has 0 saturated heterocycles. The highest BCUT2D eigenvalue weighted by Crippen LogP contribution is 2.30. The van der Waals surface area contributed by atoms with Crippen molar-refractivity contribution in [2.45, 2.75) is 30.3 Å². The van der Waals surface area contributed by atoms with Gasteiger partial charge in [-0.3, -0.25) is 4.79 Å². The van der Waals surface area contributed by atoms with Crippen LogP contribution < -0.4 is 10.0 Å². The van der Waals surface area contributed by atoms with Crippen LogP contribution in [0.25, 0.3) is 0 Å². The third kappa shape index (κ3) is 4.54. The molecule has 3 rings (SSSR count). The third-order valence-electron chi connectivity index (χ3n) is 3.80. The van der Waals surface area contributed by atoms with Crippen molar-refractivity contribution in [1.82, 2.24) is 10.0 Å². The normalized spacial score (nSPS) is 14.3. The summed E-state index contributed by atoms with van der Waals surface area (Å²) in [5, 5.41) is 2.55. The van der Waals surface area contributed by atoms with Crippen LogP contribution in [-0.4, -0.2) is 20.4 Å². The first-order valence-electron chi connectivity index (χ1n) is 7.80. The first-order valence-corrected chi connectivity index (χ1v) is 10.0. The summed E-state index contributed by atoms with van der Waals surface area (Å²) >= 11 is 12.1. The number of hydrogen-bond donors (Lipinski definition) is 2. The van der Waals surface area contributed by atoms with E-state index in [1.165, 1.54) is 24.3 Å². The Labute approximate surface area is 160 Å². The second-order valence-corrected chi connectivity index (χ2v) is 8.47. The molecule has 2 aromatic rings. The van der Waals surface area contributed by atoms with Crippen molar-refractivity contribution in [2.75, 3.05) is 0 Å². The number of sulfonamides is 1. The van der Waals surface area contributed by atoms with Gasteiger partial charge in [0, 0.05) is 12.6 Å². The number of nitrogens with one attached hydrogen (secondary N) is 2. The van der Waals surface area contributed by atoms with Crippen molar-refractivity contribution in [2.24, 2.45) is 0 Å². The van der Waals surface area contributed by atoms with Crippen molar-refractivity contribution in [3.05, 3.63) is 63.4 Å². The smallest absolute Gasteiger partial charge is 0.253 e. The van der Waals surface area contributed by atoms with Gasteiger partial charge < -0.3 is 5.32 Å². The van der Waals surface area contributed by atoms with E-state index < -0.39 is 21.7 Å². The predicted molar refractivity (Wildman–Crippen MR) is 97.4 cm³/mol. The topological polar surface area (TPSA) is 75.3 Å². The van der Waals surface area contributed by atoms with Crippen LogP contribution in [0.4, 0.5) is 4.39 Å². The van der Waals surface area contributed by atoms with Gasteiger partial charge >= 0.3 is 0 Å². The average molecular weight is 417 g/mol. The lowest BCUT2D eigenvalue weighted by molar-refractivity contribution is 0.0951. The number of benzene rings is 2. The molecule has 9 heteroatoms. The number of carbonyl (C=O) groups excluding carboxylic acids is 1. The fraction of sp³-hybridized carbons (Fsp3) is 0.235. The number of carbonyl (C=O) groups is 1. The summed E-state index contributed by atoms with van der Waals surface area (Å²) in [6.07, 6.45) is 1.54. The van der Waals surface area contributed by atoms with Crippen molar-refractivity contribution in [1.29, 1.82) is 0 Å². The van der Waals surface area contributed by atoms with Crippen LogP contribution in [-0.2, 0) is 16.6 Å². The summed E-state index contributed by atoms with van der Waals surface area (Å²) in [5.74, 6) is -1.00. The molecule has 138 valence electrons. The lowest BCUT2D eigenvalue weighted by Crippen LogP contribution is -2.27. The van der Waals surface area contributed by atoms with Crippen molar-refractivity contribution >= 4 is 39.1 Å². The SMILES string of the molecule is O=C(NCc1cccc(F)c1)c1cc(S(=O)(=O)NC2CC2)c(Cl)cc1Cl. The molecular weight excluding hydrogens is 402 g/mol. The van der Waals surface area contributed by atoms with Crippen LogP contribution in [0.5, 0.6) is 0 Å². The first-order chi connectivity index (χ1) is 12.3. The quantitative estimate of drug-likeness (QED) is 0.756. The van der Waals surface area contributed by atoms with E-state index in [9.17, 15) is 17.6 Å². The van der Waals surface area contributed by atoms with Gasteiger partial charge in [-0.15, -0.1) is 0 Å². The lowest BCUT2D eigenvalue weighted by Gasteiger charge is -2.12. The van der Waals surface area contributed by atoms with Gasteiger partial charge in [0.05, 0.1) is 15.6 Å². The molecule has 0 aromatic heterocycles. The monoisotopic (exact) mass is 416 g/mol. The van der Waals surface area contributed by atoms with Gasteiger partial charge in [-0.25, -0.2) is 17.5 Å². The molecule has 1 aliphatic rings. The standard InChI is InChI=1S/C17H15Cl2FN2O3S/c18-14-8-15(19)16(26(24,25)22-12-4-5-12)7-13(14)17(23)21-9-10-2-1-3-11(20)6-10/h1-3,6-8,12,22H,4-5,9H2,(H,21,23). The maximum Gasteiger partial charge on any atom is 0.253 e. The molecule has 1 saturated carbocycles. The predicted octanol–water partition coefficient (Wildman–Crippen LogP) is 3.50. The van der Waals surface area contributed by atoms with Gasteiger partial charge in [0.25, 0.3) is 5.91 Å². The Morgan fingerprint density at radius 1 is 1.15 bits per heavy atom. The number of hydrogen-bond acceptors (Lipinski definition) is 3. The molecule has 1 aliphatic carbocycles. The Morgan fingerprint density at radius 3 is 2.54 bits per heavy atom. The van der Waals surface area contributed by atoms with Gasteiger partial charge in [-0.05, 0) is 42.7 Å². The van der Waals surface area contributed by atoms with Gasteiger partial charge in [0.1, 0.15) is 10.7 Å². The average Bonchev–Trinajstić information content (AvgIpc) is 3.35. The molecular formula is C17H15Cl2FN2O3S. The Morgan fingerprint density at radius 2 is 1.88 bits per heavy atom. The Balaban J connectivity index is 1.82. The van der Waals surface area contributed by atoms with Crippen LogP contribution in [0.15, 0.2) is 41.3 Å². The van der Waals surface area contributed by atoms with E-state index in [1.807, 2.05) is 0 Å². The zero-order valence-electron chi connectivity index (χ0n) is 13.4. The van der Waals surface area contributed by atoms with Crippen molar-refractivity contribution in [3.63, 3.8) is 0 Å². The van der Waals surface area contributed by atoms with Gasteiger partial charge in [-0.2, -0.15) is 0 Å². The molecule has 2 aromatic carbocycles. The Hall–Kier alpha value is -1.67. The number of rotatable bonds is 6. The molecule has 2 N–H and O–H groups in total. The fourth-order valence-electron chi connectivity index (χ4n) is 2.32. The summed E-state index contributed by atoms with van der Waals surface area (Å²) in [4.78, 5) is 12.2. The second kappa shape index (κ2) is 7.52. The summed E-state index contributed by atoms with van der Waals surface area (Å²) < 4.78 is 40.5. The summed E-state index contributed by atoms with van der Waals surface area (Å²) in [5.41, 5.74) is 0.537. The Bertz CT molecular complexity index is 962. The van der Waals surface area contributed by atoms with E-state index in [0.29, 0.717) is 5.56 Å². The summed E-state index contributed by atoms with van der Waals surface area (Å²) in [6, 6.07) is 8.04. The molecule has 0 unspecified atom stereocenters. The van der Waals surface area contributed by atoms with E-state index in [0.717, 1.165) is 18.9 Å². The molecule has 1 fully saturated rings. The maximum absolute atomic E-state index is 13.2. The van der Waals surface area contributed by atoms with E-state index in [1.54, 1.807) is 6.07 Å². The molecule has 0 bridgehead atoms. The van der Waals surface area contributed by atoms with Crippen LogP contribution >= 0.6 is 23.2 Å². The van der Waals surface area contributed by atoms with Crippen LogP contribution in [0.2, 0.25) is 10.0 Å². The van der Waals surface area contributed by atoms with E-state index >= 15 is 0 Å². The number of halogens is 3. The minimum Gasteiger partial charge on any atom is -0.348 e. The van der Waals surface area contributed by atoms with E-state index in [4.69, 9.17) is 23.2 Å². The molecule has 26 heavy (non-hydrogen) atoms. The van der Waals surface area contributed by atoms with E-state index in [-0.39, 0.29) is 33.1 Å². The molecule has 0 atom stereocenters. The van der Waals surface area contributed by atoms with Gasteiger partial charge in [0.15, 0.2) is 0 Å². The highest BCUT2D eigenvalue weighted by Gasteiger charge is 2.30. The molecule has 0 heterocycles. The third-order valence-corrected chi connectivity index (χ3v) is 6.09. The van der Waals surface area contributed by atoms with Crippen molar-refractivity contribution < 1.29 is 17.6 Å². The van der Waals surface area contributed by atoms with Crippen molar-refractivity contribution in [3.8, 4) is 0 Å². The minimum absolute atomic E-state index is 0.0244. The zero-order chi connectivity index (χ0) is 18.9. The van der Waals surface area contributed by atoms with Gasteiger partial charge in [0.2, 0.25) is 10.0 Å². The molecule has 5 nitrogen and oxygen atoms in total. The Kier molecular flexibility index (Phi) is 5.53. The van der Waals surface area contributed by atoms with Crippen LogP contribution in [0.3, 0.4) is 0 Å². The van der Waals surface area contributed by atoms with Crippen LogP contribution in [0, 0.1) is 5.82 Å². The van der Waals surface area contributed by atoms with E-state index in [2.05, 4.69) is 10.0 Å². The fourth-order valence-corrected chi connectivity index (χ4v) is 4.48. The molecule has 0 spiro atoms. The molecule has 0 radical (unpaired) electrons. The summed E-state index contributed by atoms with van der Waals surface area (Å²) in [6.45, 7) is 0.0674. The second-order valence-electron chi connectivity index (χ2n) is 5.97. The summed E-state index contributed by atoms with van der Waals surface area (Å²) in [7, 11) is -3.84. The zero-order valence-corrected chi connectivity index (χ0v) is 15.8. The largest absolute Gasteiger partial charge is 0.348 e. The van der Waals surface area contributed by atoms with Crippen LogP contribution in [0.1, 0.15) is 28.8 Å². The maximum atomic E-state index is 13.2. The molecule has 1 amide bonds.